The molecule has 7 heteroatoms. The number of rotatable bonds is 6. The van der Waals surface area contributed by atoms with Crippen LogP contribution in [0.15, 0.2) is 60.7 Å². The van der Waals surface area contributed by atoms with Crippen molar-refractivity contribution in [2.75, 3.05) is 25.8 Å². The molecule has 0 radical (unpaired) electrons. The summed E-state index contributed by atoms with van der Waals surface area (Å²) in [6, 6.07) is 13.9. The van der Waals surface area contributed by atoms with Crippen molar-refractivity contribution in [1.82, 2.24) is 4.90 Å². The van der Waals surface area contributed by atoms with Gasteiger partial charge in [0.1, 0.15) is 18.2 Å². The molecule has 3 amide bonds. The van der Waals surface area contributed by atoms with E-state index in [1.165, 1.54) is 9.80 Å². The van der Waals surface area contributed by atoms with Crippen LogP contribution in [0.4, 0.5) is 5.69 Å². The first-order valence-corrected chi connectivity index (χ1v) is 11.7. The summed E-state index contributed by atoms with van der Waals surface area (Å²) in [5, 5.41) is 0. The molecule has 4 aliphatic carbocycles. The number of methoxy groups -OCH3 is 2. The van der Waals surface area contributed by atoms with E-state index < -0.39 is 0 Å². The molecule has 5 aliphatic rings. The number of carbonyl (C=O) groups is 3. The number of ether oxygens (including phenoxy) is 2. The number of hydrogen-bond donors (Lipinski definition) is 0. The number of benzene rings is 2. The normalized spacial score (nSPS) is 30.1. The van der Waals surface area contributed by atoms with Crippen LogP contribution in [-0.2, 0) is 9.59 Å². The summed E-state index contributed by atoms with van der Waals surface area (Å²) in [6.45, 7) is -0.123. The Labute approximate surface area is 197 Å². The van der Waals surface area contributed by atoms with E-state index in [9.17, 15) is 14.4 Å². The fraction of sp³-hybridized carbons (Fsp3) is 0.370. The van der Waals surface area contributed by atoms with Crippen LogP contribution < -0.4 is 14.4 Å². The average molecular weight is 459 g/mol. The summed E-state index contributed by atoms with van der Waals surface area (Å²) in [7, 11) is 3.12. The first-order valence-electron chi connectivity index (χ1n) is 11.7. The van der Waals surface area contributed by atoms with E-state index in [1.54, 1.807) is 62.8 Å². The lowest BCUT2D eigenvalue weighted by Gasteiger charge is -2.37. The highest BCUT2D eigenvalue weighted by Gasteiger charge is 2.67. The van der Waals surface area contributed by atoms with Crippen LogP contribution in [0.5, 0.6) is 11.5 Å². The largest absolute Gasteiger partial charge is 0.497 e. The number of hydrogen-bond acceptors (Lipinski definition) is 5. The minimum absolute atomic E-state index is 0.123. The maximum absolute atomic E-state index is 13.7. The van der Waals surface area contributed by atoms with Gasteiger partial charge < -0.3 is 9.47 Å². The maximum Gasteiger partial charge on any atom is 0.259 e. The van der Waals surface area contributed by atoms with Gasteiger partial charge in [-0.05, 0) is 72.6 Å². The zero-order valence-electron chi connectivity index (χ0n) is 19.1. The van der Waals surface area contributed by atoms with Crippen LogP contribution in [0.3, 0.4) is 0 Å². The average Bonchev–Trinajstić information content (AvgIpc) is 3.67. The van der Waals surface area contributed by atoms with Gasteiger partial charge in [-0.3, -0.25) is 24.2 Å². The molecule has 1 saturated heterocycles. The number of imide groups is 1. The summed E-state index contributed by atoms with van der Waals surface area (Å²) in [5.41, 5.74) is 0.989. The highest BCUT2D eigenvalue weighted by atomic mass is 16.5. The number of anilines is 1. The summed E-state index contributed by atoms with van der Waals surface area (Å²) >= 11 is 0. The van der Waals surface area contributed by atoms with Gasteiger partial charge >= 0.3 is 0 Å². The lowest BCUT2D eigenvalue weighted by Crippen LogP contribution is -2.45. The van der Waals surface area contributed by atoms with Crippen molar-refractivity contribution in [2.24, 2.45) is 35.5 Å². The quantitative estimate of drug-likeness (QED) is 0.490. The van der Waals surface area contributed by atoms with Gasteiger partial charge in [0.25, 0.3) is 5.91 Å². The maximum atomic E-state index is 13.7. The van der Waals surface area contributed by atoms with Gasteiger partial charge in [0.2, 0.25) is 11.8 Å². The van der Waals surface area contributed by atoms with Crippen molar-refractivity contribution < 1.29 is 23.9 Å². The predicted molar refractivity (Wildman–Crippen MR) is 124 cm³/mol. The SMILES string of the molecule is COc1ccc(N(CN2C(=O)[C@@H]3[C@@H]4C=C[C@H]([C@@H]5C[C@H]45)[C@H]3C2=O)C(=O)c2cccc(OC)c2)cc1. The Bertz CT molecular complexity index is 1170. The lowest BCUT2D eigenvalue weighted by atomic mass is 9.63. The predicted octanol–water partition coefficient (Wildman–Crippen LogP) is 3.36. The van der Waals surface area contributed by atoms with Crippen molar-refractivity contribution in [3.05, 3.63) is 66.2 Å². The monoisotopic (exact) mass is 458 g/mol. The van der Waals surface area contributed by atoms with Crippen LogP contribution in [0, 0.1) is 35.5 Å². The molecule has 2 saturated carbocycles. The summed E-state index contributed by atoms with van der Waals surface area (Å²) in [4.78, 5) is 43.5. The molecular weight excluding hydrogens is 432 g/mol. The molecule has 1 heterocycles. The third-order valence-electron chi connectivity index (χ3n) is 7.98. The van der Waals surface area contributed by atoms with Crippen LogP contribution in [0.25, 0.3) is 0 Å². The second-order valence-corrected chi connectivity index (χ2v) is 9.56. The fourth-order valence-electron chi connectivity index (χ4n) is 6.24. The van der Waals surface area contributed by atoms with E-state index in [1.807, 2.05) is 0 Å². The molecule has 34 heavy (non-hydrogen) atoms. The van der Waals surface area contributed by atoms with Crippen molar-refractivity contribution in [1.29, 1.82) is 0 Å². The Morgan fingerprint density at radius 2 is 1.53 bits per heavy atom. The van der Waals surface area contributed by atoms with Crippen LogP contribution in [0.1, 0.15) is 16.8 Å². The number of amides is 3. The molecule has 0 aromatic heterocycles. The van der Waals surface area contributed by atoms with Gasteiger partial charge in [-0.25, -0.2) is 0 Å². The highest BCUT2D eigenvalue weighted by molar-refractivity contribution is 6.10. The second-order valence-electron chi connectivity index (χ2n) is 9.56. The van der Waals surface area contributed by atoms with Crippen molar-refractivity contribution in [3.8, 4) is 11.5 Å². The van der Waals surface area contributed by atoms with Crippen LogP contribution >= 0.6 is 0 Å². The molecule has 2 aromatic rings. The number of allylic oxidation sites excluding steroid dienone is 2. The molecular formula is C27H26N2O5. The van der Waals surface area contributed by atoms with Gasteiger partial charge in [0.05, 0.1) is 26.1 Å². The van der Waals surface area contributed by atoms with Gasteiger partial charge in [-0.2, -0.15) is 0 Å². The third-order valence-corrected chi connectivity index (χ3v) is 7.98. The number of carbonyl (C=O) groups excluding carboxylic acids is 3. The highest BCUT2D eigenvalue weighted by Crippen LogP contribution is 2.65. The fourth-order valence-corrected chi connectivity index (χ4v) is 6.24. The van der Waals surface area contributed by atoms with E-state index >= 15 is 0 Å². The van der Waals surface area contributed by atoms with Gasteiger partial charge in [-0.15, -0.1) is 0 Å². The molecule has 174 valence electrons. The first-order chi connectivity index (χ1) is 16.5. The molecule has 2 bridgehead atoms. The summed E-state index contributed by atoms with van der Waals surface area (Å²) < 4.78 is 10.5. The molecule has 3 fully saturated rings. The summed E-state index contributed by atoms with van der Waals surface area (Å²) in [6.07, 6.45) is 5.41. The van der Waals surface area contributed by atoms with Crippen molar-refractivity contribution >= 4 is 23.4 Å². The third kappa shape index (κ3) is 3.06. The molecule has 1 aliphatic heterocycles. The van der Waals surface area contributed by atoms with Crippen molar-refractivity contribution in [2.45, 2.75) is 6.42 Å². The zero-order valence-corrected chi connectivity index (χ0v) is 19.1. The van der Waals surface area contributed by atoms with Gasteiger partial charge in [-0.1, -0.05) is 18.2 Å². The molecule has 7 rings (SSSR count). The Balaban J connectivity index is 1.34. The van der Waals surface area contributed by atoms with Gasteiger partial charge in [0, 0.05) is 11.3 Å². The van der Waals surface area contributed by atoms with E-state index in [4.69, 9.17) is 9.47 Å². The zero-order chi connectivity index (χ0) is 23.6. The molecule has 2 aromatic carbocycles. The van der Waals surface area contributed by atoms with Crippen molar-refractivity contribution in [3.63, 3.8) is 0 Å². The smallest absolute Gasteiger partial charge is 0.259 e. The second kappa shape index (κ2) is 7.72. The van der Waals surface area contributed by atoms with Crippen LogP contribution in [-0.4, -0.2) is 43.5 Å². The number of likely N-dealkylation sites (tertiary alicyclic amines) is 1. The van der Waals surface area contributed by atoms with E-state index in [2.05, 4.69) is 12.2 Å². The Kier molecular flexibility index (Phi) is 4.76. The molecule has 7 nitrogen and oxygen atoms in total. The van der Waals surface area contributed by atoms with E-state index in [0.717, 1.165) is 6.42 Å². The van der Waals surface area contributed by atoms with Gasteiger partial charge in [0.15, 0.2) is 0 Å². The van der Waals surface area contributed by atoms with E-state index in [-0.39, 0.29) is 48.1 Å². The molecule has 0 N–H and O–H groups in total. The molecule has 0 unspecified atom stereocenters. The molecule has 6 atom stereocenters. The Morgan fingerprint density at radius 3 is 2.12 bits per heavy atom. The topological polar surface area (TPSA) is 76.2 Å². The standard InChI is InChI=1S/C27H26N2O5/c1-33-17-8-6-16(7-9-17)28(25(30)15-4-3-5-18(12-15)34-2)14-29-26(31)23-19-10-11-20(22-13-21(19)22)24(23)27(29)32/h3-12,19-24H,13-14H2,1-2H3/t19-,20-,21-,22+,23-,24-/m1/s1. The molecule has 0 spiro atoms. The minimum atomic E-state index is -0.316. The lowest BCUT2D eigenvalue weighted by molar-refractivity contribution is -0.140. The first kappa shape index (κ1) is 21.0. The van der Waals surface area contributed by atoms with E-state index in [0.29, 0.717) is 34.6 Å². The minimum Gasteiger partial charge on any atom is -0.497 e. The van der Waals surface area contributed by atoms with Crippen LogP contribution in [0.2, 0.25) is 0 Å². The summed E-state index contributed by atoms with van der Waals surface area (Å²) in [5.74, 6) is 1.34. The Hall–Kier alpha value is -3.61. The number of nitrogens with zero attached hydrogens (tertiary/aromatic N) is 2. The Morgan fingerprint density at radius 1 is 0.912 bits per heavy atom.